The van der Waals surface area contributed by atoms with Crippen molar-refractivity contribution < 1.29 is 9.47 Å². The molecule has 3 rings (SSSR count). The van der Waals surface area contributed by atoms with Gasteiger partial charge in [0.25, 0.3) is 0 Å². The lowest BCUT2D eigenvalue weighted by Gasteiger charge is -2.19. The van der Waals surface area contributed by atoms with Crippen LogP contribution in [0.25, 0.3) is 0 Å². The number of nitrogens with zero attached hydrogens (tertiary/aromatic N) is 1. The molecular weight excluding hydrogens is 286 g/mol. The van der Waals surface area contributed by atoms with Crippen LogP contribution in [-0.2, 0) is 29.4 Å². The Morgan fingerprint density at radius 2 is 2.05 bits per heavy atom. The minimum absolute atomic E-state index is 0.321. The largest absolute Gasteiger partial charge is 0.487 e. The number of hydrogen-bond donors (Lipinski definition) is 0. The summed E-state index contributed by atoms with van der Waals surface area (Å²) in [6.07, 6.45) is 1.86. The zero-order chi connectivity index (χ0) is 14.9. The Morgan fingerprint density at radius 3 is 2.76 bits per heavy atom. The van der Waals surface area contributed by atoms with E-state index in [0.717, 1.165) is 28.1 Å². The molecule has 1 aliphatic heterocycles. The molecule has 2 aromatic rings. The molecule has 0 spiro atoms. The van der Waals surface area contributed by atoms with Crippen LogP contribution in [0.4, 0.5) is 0 Å². The highest BCUT2D eigenvalue weighted by atomic mass is 35.5. The van der Waals surface area contributed by atoms with Crippen LogP contribution in [0.5, 0.6) is 5.75 Å². The summed E-state index contributed by atoms with van der Waals surface area (Å²) in [5.41, 5.74) is 3.72. The van der Waals surface area contributed by atoms with Crippen LogP contribution >= 0.6 is 11.6 Å². The number of benzene rings is 1. The van der Waals surface area contributed by atoms with E-state index in [4.69, 9.17) is 21.1 Å². The van der Waals surface area contributed by atoms with E-state index in [1.807, 2.05) is 50.4 Å². The van der Waals surface area contributed by atoms with Crippen LogP contribution in [0.3, 0.4) is 0 Å². The van der Waals surface area contributed by atoms with Gasteiger partial charge in [-0.1, -0.05) is 30.3 Å². The Labute approximate surface area is 129 Å². The maximum Gasteiger partial charge on any atom is 0.148 e. The highest BCUT2D eigenvalue weighted by Gasteiger charge is 2.34. The van der Waals surface area contributed by atoms with Crippen molar-refractivity contribution in [3.63, 3.8) is 0 Å². The summed E-state index contributed by atoms with van der Waals surface area (Å²) in [5, 5.41) is 0. The van der Waals surface area contributed by atoms with Crippen molar-refractivity contribution >= 4 is 11.6 Å². The summed E-state index contributed by atoms with van der Waals surface area (Å²) >= 11 is 6.00. The molecule has 3 nitrogen and oxygen atoms in total. The molecule has 0 saturated heterocycles. The van der Waals surface area contributed by atoms with Crippen molar-refractivity contribution in [2.24, 2.45) is 0 Å². The van der Waals surface area contributed by atoms with Crippen molar-refractivity contribution in [1.82, 2.24) is 4.98 Å². The van der Waals surface area contributed by atoms with E-state index in [1.165, 1.54) is 0 Å². The number of ether oxygens (including phenoxy) is 2. The third-order valence-electron chi connectivity index (χ3n) is 3.79. The van der Waals surface area contributed by atoms with Crippen LogP contribution in [0.2, 0.25) is 0 Å². The first-order valence-corrected chi connectivity index (χ1v) is 7.53. The van der Waals surface area contributed by atoms with E-state index in [1.54, 1.807) is 0 Å². The molecule has 0 amide bonds. The second kappa shape index (κ2) is 5.66. The standard InChI is InChI=1S/C17H18ClNO2/c1-17(2)14-9-19-15(8-18)16(13(14)11-21-17)20-10-12-6-4-3-5-7-12/h3-7,9H,8,10-11H2,1-2H3. The number of halogens is 1. The molecule has 0 N–H and O–H groups in total. The molecule has 21 heavy (non-hydrogen) atoms. The third-order valence-corrected chi connectivity index (χ3v) is 4.04. The zero-order valence-electron chi connectivity index (χ0n) is 12.2. The first kappa shape index (κ1) is 14.4. The minimum atomic E-state index is -0.321. The molecule has 1 aromatic heterocycles. The van der Waals surface area contributed by atoms with Crippen molar-refractivity contribution in [2.45, 2.75) is 38.5 Å². The van der Waals surface area contributed by atoms with E-state index in [0.29, 0.717) is 19.1 Å². The van der Waals surface area contributed by atoms with Gasteiger partial charge in [0, 0.05) is 17.3 Å². The van der Waals surface area contributed by atoms with E-state index in [2.05, 4.69) is 4.98 Å². The molecule has 0 radical (unpaired) electrons. The lowest BCUT2D eigenvalue weighted by Crippen LogP contribution is -2.15. The maximum absolute atomic E-state index is 6.02. The highest BCUT2D eigenvalue weighted by Crippen LogP contribution is 2.41. The normalized spacial score (nSPS) is 15.8. The second-order valence-corrected chi connectivity index (χ2v) is 5.90. The summed E-state index contributed by atoms with van der Waals surface area (Å²) in [6, 6.07) is 10.1. The van der Waals surface area contributed by atoms with Crippen molar-refractivity contribution in [3.8, 4) is 5.75 Å². The number of fused-ring (bicyclic) bond motifs is 1. The maximum atomic E-state index is 6.02. The van der Waals surface area contributed by atoms with E-state index in [9.17, 15) is 0 Å². The monoisotopic (exact) mass is 303 g/mol. The van der Waals surface area contributed by atoms with Gasteiger partial charge in [-0.15, -0.1) is 11.6 Å². The molecule has 0 unspecified atom stereocenters. The molecule has 1 aliphatic rings. The first-order valence-electron chi connectivity index (χ1n) is 6.99. The van der Waals surface area contributed by atoms with Crippen LogP contribution in [-0.4, -0.2) is 4.98 Å². The van der Waals surface area contributed by atoms with Gasteiger partial charge in [0.2, 0.25) is 0 Å². The van der Waals surface area contributed by atoms with Gasteiger partial charge < -0.3 is 9.47 Å². The molecule has 1 aromatic carbocycles. The Kier molecular flexibility index (Phi) is 3.87. The number of aromatic nitrogens is 1. The van der Waals surface area contributed by atoms with Gasteiger partial charge >= 0.3 is 0 Å². The van der Waals surface area contributed by atoms with Gasteiger partial charge in [-0.3, -0.25) is 4.98 Å². The smallest absolute Gasteiger partial charge is 0.148 e. The molecule has 2 heterocycles. The number of pyridine rings is 1. The average Bonchev–Trinajstić information content (AvgIpc) is 2.81. The summed E-state index contributed by atoms with van der Waals surface area (Å²) in [4.78, 5) is 4.44. The summed E-state index contributed by atoms with van der Waals surface area (Å²) in [6.45, 7) is 5.13. The summed E-state index contributed by atoms with van der Waals surface area (Å²) in [5.74, 6) is 1.11. The quantitative estimate of drug-likeness (QED) is 0.795. The predicted molar refractivity (Wildman–Crippen MR) is 82.4 cm³/mol. The minimum Gasteiger partial charge on any atom is -0.487 e. The number of rotatable bonds is 4. The van der Waals surface area contributed by atoms with Crippen LogP contribution in [0.15, 0.2) is 36.5 Å². The van der Waals surface area contributed by atoms with Gasteiger partial charge in [-0.25, -0.2) is 0 Å². The highest BCUT2D eigenvalue weighted by molar-refractivity contribution is 6.17. The third kappa shape index (κ3) is 2.76. The van der Waals surface area contributed by atoms with Gasteiger partial charge in [0.05, 0.1) is 23.8 Å². The summed E-state index contributed by atoms with van der Waals surface area (Å²) in [7, 11) is 0. The van der Waals surface area contributed by atoms with Crippen molar-refractivity contribution in [2.75, 3.05) is 0 Å². The lowest BCUT2D eigenvalue weighted by molar-refractivity contribution is -0.00830. The molecule has 0 bridgehead atoms. The van der Waals surface area contributed by atoms with Gasteiger partial charge in [-0.2, -0.15) is 0 Å². The molecule has 0 saturated carbocycles. The average molecular weight is 304 g/mol. The van der Waals surface area contributed by atoms with Crippen LogP contribution in [0, 0.1) is 0 Å². The predicted octanol–water partition coefficient (Wildman–Crippen LogP) is 4.16. The topological polar surface area (TPSA) is 31.4 Å². The first-order chi connectivity index (χ1) is 10.1. The fourth-order valence-electron chi connectivity index (χ4n) is 2.56. The van der Waals surface area contributed by atoms with E-state index >= 15 is 0 Å². The molecule has 4 heteroatoms. The van der Waals surface area contributed by atoms with Crippen LogP contribution in [0.1, 0.15) is 36.2 Å². The molecular formula is C17H18ClNO2. The molecule has 0 aliphatic carbocycles. The Balaban J connectivity index is 1.92. The SMILES string of the molecule is CC1(C)OCc2c1cnc(CCl)c2OCc1ccccc1. The van der Waals surface area contributed by atoms with E-state index < -0.39 is 0 Å². The van der Waals surface area contributed by atoms with Gasteiger partial charge in [0.1, 0.15) is 12.4 Å². The Morgan fingerprint density at radius 1 is 1.29 bits per heavy atom. The van der Waals surface area contributed by atoms with Crippen LogP contribution < -0.4 is 4.74 Å². The Hall–Kier alpha value is -1.58. The molecule has 110 valence electrons. The van der Waals surface area contributed by atoms with Gasteiger partial charge in [-0.05, 0) is 19.4 Å². The zero-order valence-corrected chi connectivity index (χ0v) is 13.0. The lowest BCUT2D eigenvalue weighted by atomic mass is 9.97. The molecule has 0 fully saturated rings. The number of hydrogen-bond acceptors (Lipinski definition) is 3. The van der Waals surface area contributed by atoms with Crippen molar-refractivity contribution in [3.05, 3.63) is 58.9 Å². The summed E-state index contributed by atoms with van der Waals surface area (Å²) < 4.78 is 11.9. The molecule has 0 atom stereocenters. The fourth-order valence-corrected chi connectivity index (χ4v) is 2.75. The van der Waals surface area contributed by atoms with E-state index in [-0.39, 0.29) is 5.60 Å². The van der Waals surface area contributed by atoms with Gasteiger partial charge in [0.15, 0.2) is 0 Å². The number of alkyl halides is 1. The second-order valence-electron chi connectivity index (χ2n) is 5.63. The Bertz CT molecular complexity index is 641. The van der Waals surface area contributed by atoms with Crippen molar-refractivity contribution in [1.29, 1.82) is 0 Å². The fraction of sp³-hybridized carbons (Fsp3) is 0.353.